The van der Waals surface area contributed by atoms with E-state index >= 15 is 0 Å². The molecule has 0 N–H and O–H groups in total. The first-order valence-electron chi connectivity index (χ1n) is 11.5. The van der Waals surface area contributed by atoms with Gasteiger partial charge in [0.2, 0.25) is 5.91 Å². The van der Waals surface area contributed by atoms with E-state index in [0.29, 0.717) is 24.1 Å². The zero-order chi connectivity index (χ0) is 24.6. The third kappa shape index (κ3) is 5.71. The molecule has 180 valence electrons. The molecule has 0 radical (unpaired) electrons. The van der Waals surface area contributed by atoms with Gasteiger partial charge in [-0.2, -0.15) is 0 Å². The van der Waals surface area contributed by atoms with Crippen molar-refractivity contribution >= 4 is 17.7 Å². The maximum Gasteiger partial charge on any atom is 0.240 e. The second-order valence-corrected chi connectivity index (χ2v) is 8.78. The van der Waals surface area contributed by atoms with Crippen molar-refractivity contribution in [1.29, 1.82) is 0 Å². The standard InChI is InChI=1S/C27H27FN4O2S/c1-3-31(4-2)26(33)25(20-13-7-5-8-14-20)35-27-30-29-24(32(27)21-15-9-6-10-16-21)19-34-23-18-12-11-17-22(23)28/h5-18,25H,3-4,19H2,1-2H3. The zero-order valence-corrected chi connectivity index (χ0v) is 20.5. The molecule has 35 heavy (non-hydrogen) atoms. The molecule has 1 unspecified atom stereocenters. The number of benzene rings is 3. The molecule has 0 aliphatic rings. The molecule has 4 aromatic rings. The molecule has 0 saturated carbocycles. The summed E-state index contributed by atoms with van der Waals surface area (Å²) in [4.78, 5) is 15.3. The number of amides is 1. The molecule has 0 saturated heterocycles. The van der Waals surface area contributed by atoms with E-state index in [1.807, 2.05) is 84.0 Å². The van der Waals surface area contributed by atoms with Gasteiger partial charge in [0.25, 0.3) is 0 Å². The van der Waals surface area contributed by atoms with Crippen LogP contribution in [0.3, 0.4) is 0 Å². The van der Waals surface area contributed by atoms with Crippen LogP contribution in [0.15, 0.2) is 90.1 Å². The molecule has 1 aromatic heterocycles. The zero-order valence-electron chi connectivity index (χ0n) is 19.7. The van der Waals surface area contributed by atoms with Crippen molar-refractivity contribution in [2.45, 2.75) is 30.9 Å². The Labute approximate surface area is 208 Å². The lowest BCUT2D eigenvalue weighted by molar-refractivity contribution is -0.130. The molecular formula is C27H27FN4O2S. The van der Waals surface area contributed by atoms with Crippen LogP contribution in [0.1, 0.15) is 30.5 Å². The van der Waals surface area contributed by atoms with E-state index in [0.717, 1.165) is 11.3 Å². The minimum atomic E-state index is -0.497. The quantitative estimate of drug-likeness (QED) is 0.267. The first-order valence-corrected chi connectivity index (χ1v) is 12.4. The van der Waals surface area contributed by atoms with Crippen LogP contribution in [-0.4, -0.2) is 38.7 Å². The van der Waals surface area contributed by atoms with Gasteiger partial charge in [-0.15, -0.1) is 10.2 Å². The number of ether oxygens (including phenoxy) is 1. The van der Waals surface area contributed by atoms with Crippen molar-refractivity contribution in [3.05, 3.63) is 102 Å². The molecule has 8 heteroatoms. The molecule has 0 aliphatic heterocycles. The molecule has 0 fully saturated rings. The Balaban J connectivity index is 1.71. The van der Waals surface area contributed by atoms with Gasteiger partial charge < -0.3 is 9.64 Å². The fourth-order valence-corrected chi connectivity index (χ4v) is 4.86. The van der Waals surface area contributed by atoms with Gasteiger partial charge in [0.05, 0.1) is 0 Å². The average Bonchev–Trinajstić information content (AvgIpc) is 3.31. The molecule has 4 rings (SSSR count). The summed E-state index contributed by atoms with van der Waals surface area (Å²) in [5.74, 6) is 0.215. The van der Waals surface area contributed by atoms with E-state index in [1.165, 1.54) is 17.8 Å². The summed E-state index contributed by atoms with van der Waals surface area (Å²) in [6.45, 7) is 5.19. The lowest BCUT2D eigenvalue weighted by atomic mass is 10.1. The first kappa shape index (κ1) is 24.5. The minimum Gasteiger partial charge on any atom is -0.483 e. The van der Waals surface area contributed by atoms with Crippen LogP contribution in [0.5, 0.6) is 5.75 Å². The van der Waals surface area contributed by atoms with Crippen LogP contribution >= 0.6 is 11.8 Å². The van der Waals surface area contributed by atoms with Crippen molar-refractivity contribution in [2.75, 3.05) is 13.1 Å². The van der Waals surface area contributed by atoms with Gasteiger partial charge in [0.15, 0.2) is 22.5 Å². The van der Waals surface area contributed by atoms with Crippen LogP contribution in [0.25, 0.3) is 5.69 Å². The Bertz CT molecular complexity index is 1250. The Kier molecular flexibility index (Phi) is 8.15. The number of rotatable bonds is 10. The summed E-state index contributed by atoms with van der Waals surface area (Å²) >= 11 is 1.34. The predicted molar refractivity (Wildman–Crippen MR) is 135 cm³/mol. The number of hydrogen-bond donors (Lipinski definition) is 0. The first-order chi connectivity index (χ1) is 17.1. The van der Waals surface area contributed by atoms with Gasteiger partial charge in [-0.05, 0) is 43.7 Å². The minimum absolute atomic E-state index is 0.0120. The third-order valence-electron chi connectivity index (χ3n) is 5.53. The maximum absolute atomic E-state index is 14.1. The molecule has 0 aliphatic carbocycles. The number of halogens is 1. The van der Waals surface area contributed by atoms with E-state index in [4.69, 9.17) is 4.74 Å². The number of likely N-dealkylation sites (N-methyl/N-ethyl adjacent to an activating group) is 1. The second-order valence-electron chi connectivity index (χ2n) is 7.71. The summed E-state index contributed by atoms with van der Waals surface area (Å²) in [6, 6.07) is 25.5. The van der Waals surface area contributed by atoms with Gasteiger partial charge in [-0.1, -0.05) is 72.4 Å². The van der Waals surface area contributed by atoms with Crippen LogP contribution in [0.2, 0.25) is 0 Å². The Morgan fingerprint density at radius 2 is 1.57 bits per heavy atom. The van der Waals surface area contributed by atoms with E-state index in [-0.39, 0.29) is 18.3 Å². The average molecular weight is 491 g/mol. The summed E-state index contributed by atoms with van der Waals surface area (Å²) in [5, 5.41) is 8.82. The van der Waals surface area contributed by atoms with E-state index in [2.05, 4.69) is 10.2 Å². The highest BCUT2D eigenvalue weighted by atomic mass is 32.2. The van der Waals surface area contributed by atoms with Gasteiger partial charge in [-0.3, -0.25) is 9.36 Å². The van der Waals surface area contributed by atoms with Crippen molar-refractivity contribution in [3.8, 4) is 11.4 Å². The number of nitrogens with zero attached hydrogens (tertiary/aromatic N) is 4. The summed E-state index contributed by atoms with van der Waals surface area (Å²) in [7, 11) is 0. The Morgan fingerprint density at radius 1 is 0.943 bits per heavy atom. The van der Waals surface area contributed by atoms with Crippen molar-refractivity contribution in [1.82, 2.24) is 19.7 Å². The Morgan fingerprint density at radius 3 is 2.23 bits per heavy atom. The van der Waals surface area contributed by atoms with E-state index in [1.54, 1.807) is 18.2 Å². The van der Waals surface area contributed by atoms with Gasteiger partial charge in [0, 0.05) is 18.8 Å². The largest absolute Gasteiger partial charge is 0.483 e. The monoisotopic (exact) mass is 490 g/mol. The molecule has 0 spiro atoms. The fourth-order valence-electron chi connectivity index (χ4n) is 3.71. The normalized spacial score (nSPS) is 11.7. The summed E-state index contributed by atoms with van der Waals surface area (Å²) in [6.07, 6.45) is 0. The highest BCUT2D eigenvalue weighted by Crippen LogP contribution is 2.37. The van der Waals surface area contributed by atoms with Crippen molar-refractivity contribution < 1.29 is 13.9 Å². The van der Waals surface area contributed by atoms with Crippen LogP contribution in [0, 0.1) is 5.82 Å². The van der Waals surface area contributed by atoms with Gasteiger partial charge in [-0.25, -0.2) is 4.39 Å². The molecule has 1 heterocycles. The van der Waals surface area contributed by atoms with E-state index in [9.17, 15) is 9.18 Å². The maximum atomic E-state index is 14.1. The molecule has 1 amide bonds. The number of carbonyl (C=O) groups is 1. The predicted octanol–water partition coefficient (Wildman–Crippen LogP) is 5.69. The number of hydrogen-bond acceptors (Lipinski definition) is 5. The smallest absolute Gasteiger partial charge is 0.240 e. The molecule has 1 atom stereocenters. The van der Waals surface area contributed by atoms with Gasteiger partial charge in [0.1, 0.15) is 11.9 Å². The molecule has 3 aromatic carbocycles. The van der Waals surface area contributed by atoms with E-state index < -0.39 is 11.1 Å². The lowest BCUT2D eigenvalue weighted by Crippen LogP contribution is -2.34. The lowest BCUT2D eigenvalue weighted by Gasteiger charge is -2.25. The molecule has 6 nitrogen and oxygen atoms in total. The second kappa shape index (κ2) is 11.7. The number of carbonyl (C=O) groups excluding carboxylic acids is 1. The highest BCUT2D eigenvalue weighted by Gasteiger charge is 2.29. The van der Waals surface area contributed by atoms with Crippen LogP contribution < -0.4 is 4.74 Å². The SMILES string of the molecule is CCN(CC)C(=O)C(Sc1nnc(COc2ccccc2F)n1-c1ccccc1)c1ccccc1. The van der Waals surface area contributed by atoms with Crippen LogP contribution in [0.4, 0.5) is 4.39 Å². The third-order valence-corrected chi connectivity index (χ3v) is 6.72. The van der Waals surface area contributed by atoms with Crippen molar-refractivity contribution in [3.63, 3.8) is 0 Å². The number of aromatic nitrogens is 3. The number of thioether (sulfide) groups is 1. The topological polar surface area (TPSA) is 60.3 Å². The highest BCUT2D eigenvalue weighted by molar-refractivity contribution is 8.00. The molecular weight excluding hydrogens is 463 g/mol. The van der Waals surface area contributed by atoms with Gasteiger partial charge >= 0.3 is 0 Å². The fraction of sp³-hybridized carbons (Fsp3) is 0.222. The molecule has 0 bridgehead atoms. The van der Waals surface area contributed by atoms with Crippen LogP contribution in [-0.2, 0) is 11.4 Å². The number of para-hydroxylation sites is 2. The summed E-state index contributed by atoms with van der Waals surface area (Å²) in [5.41, 5.74) is 1.72. The summed E-state index contributed by atoms with van der Waals surface area (Å²) < 4.78 is 21.7. The Hall–Kier alpha value is -3.65. The van der Waals surface area contributed by atoms with Crippen molar-refractivity contribution in [2.24, 2.45) is 0 Å².